The first kappa shape index (κ1) is 11.8. The van der Waals surface area contributed by atoms with Gasteiger partial charge in [0.15, 0.2) is 5.69 Å². The van der Waals surface area contributed by atoms with Gasteiger partial charge in [-0.05, 0) is 5.56 Å². The van der Waals surface area contributed by atoms with Crippen molar-refractivity contribution in [1.82, 2.24) is 9.78 Å². The number of hydrogen-bond donors (Lipinski definition) is 2. The molecule has 0 radical (unpaired) electrons. The van der Waals surface area contributed by atoms with Gasteiger partial charge in [-0.1, -0.05) is 30.3 Å². The number of carbonyl (C=O) groups is 2. The Balaban J connectivity index is 2.37. The van der Waals surface area contributed by atoms with Crippen molar-refractivity contribution < 1.29 is 19.8 Å². The van der Waals surface area contributed by atoms with E-state index in [0.717, 1.165) is 11.6 Å². The van der Waals surface area contributed by atoms with E-state index in [1.165, 1.54) is 4.68 Å². The number of aromatic carboxylic acids is 2. The van der Waals surface area contributed by atoms with Gasteiger partial charge in [-0.25, -0.2) is 9.59 Å². The van der Waals surface area contributed by atoms with Crippen molar-refractivity contribution in [3.8, 4) is 0 Å². The predicted molar refractivity (Wildman–Crippen MR) is 61.7 cm³/mol. The number of nitrogens with zero attached hydrogens (tertiary/aromatic N) is 2. The Labute approximate surface area is 102 Å². The van der Waals surface area contributed by atoms with Gasteiger partial charge < -0.3 is 10.2 Å². The number of benzene rings is 1. The van der Waals surface area contributed by atoms with Crippen molar-refractivity contribution in [2.24, 2.45) is 0 Å². The summed E-state index contributed by atoms with van der Waals surface area (Å²) in [5, 5.41) is 21.5. The van der Waals surface area contributed by atoms with Crippen LogP contribution in [0.1, 0.15) is 26.5 Å². The summed E-state index contributed by atoms with van der Waals surface area (Å²) in [5.74, 6) is -2.45. The van der Waals surface area contributed by atoms with Crippen LogP contribution in [0, 0.1) is 0 Å². The van der Waals surface area contributed by atoms with Gasteiger partial charge >= 0.3 is 11.9 Å². The van der Waals surface area contributed by atoms with Gasteiger partial charge in [-0.2, -0.15) is 5.10 Å². The fourth-order valence-electron chi connectivity index (χ4n) is 1.57. The van der Waals surface area contributed by atoms with Gasteiger partial charge in [0.25, 0.3) is 0 Å². The third kappa shape index (κ3) is 2.37. The van der Waals surface area contributed by atoms with E-state index in [1.54, 1.807) is 0 Å². The summed E-state index contributed by atoms with van der Waals surface area (Å²) < 4.78 is 1.17. The highest BCUT2D eigenvalue weighted by molar-refractivity contribution is 5.91. The summed E-state index contributed by atoms with van der Waals surface area (Å²) in [6, 6.07) is 10.2. The minimum absolute atomic E-state index is 0.142. The van der Waals surface area contributed by atoms with E-state index in [1.807, 2.05) is 30.3 Å². The lowest BCUT2D eigenvalue weighted by Crippen LogP contribution is -2.11. The first-order valence-electron chi connectivity index (χ1n) is 5.16. The van der Waals surface area contributed by atoms with Gasteiger partial charge in [0, 0.05) is 6.07 Å². The zero-order valence-electron chi connectivity index (χ0n) is 9.28. The van der Waals surface area contributed by atoms with Gasteiger partial charge in [0.2, 0.25) is 0 Å². The molecule has 0 spiro atoms. The maximum Gasteiger partial charge on any atom is 0.356 e. The molecular formula is C12H10N2O4. The maximum absolute atomic E-state index is 11.0. The lowest BCUT2D eigenvalue weighted by molar-refractivity contribution is 0.0676. The molecule has 6 nitrogen and oxygen atoms in total. The Morgan fingerprint density at radius 3 is 2.33 bits per heavy atom. The van der Waals surface area contributed by atoms with Crippen molar-refractivity contribution in [2.75, 3.05) is 0 Å². The van der Waals surface area contributed by atoms with Crippen LogP contribution in [0.4, 0.5) is 0 Å². The van der Waals surface area contributed by atoms with Crippen LogP contribution < -0.4 is 0 Å². The fourth-order valence-corrected chi connectivity index (χ4v) is 1.57. The van der Waals surface area contributed by atoms with Crippen molar-refractivity contribution in [3.63, 3.8) is 0 Å². The highest BCUT2D eigenvalue weighted by atomic mass is 16.4. The lowest BCUT2D eigenvalue weighted by atomic mass is 10.2. The standard InChI is InChI=1S/C12H10N2O4/c15-11(16)9-6-10(12(17)18)14(13-9)7-8-4-2-1-3-5-8/h1-6H,7H2,(H,15,16)(H,17,18). The van der Waals surface area contributed by atoms with E-state index in [2.05, 4.69) is 5.10 Å². The number of hydrogen-bond acceptors (Lipinski definition) is 3. The summed E-state index contributed by atoms with van der Waals surface area (Å²) in [6.45, 7) is 0.218. The number of aromatic nitrogens is 2. The molecule has 1 aromatic carbocycles. The number of rotatable bonds is 4. The number of carboxylic acids is 2. The molecule has 0 amide bonds. The van der Waals surface area contributed by atoms with Gasteiger partial charge in [0.1, 0.15) is 5.69 Å². The van der Waals surface area contributed by atoms with Crippen molar-refractivity contribution >= 4 is 11.9 Å². The molecule has 0 bridgehead atoms. The summed E-state index contributed by atoms with van der Waals surface area (Å²) in [4.78, 5) is 21.8. The molecule has 0 atom stereocenters. The second-order valence-corrected chi connectivity index (χ2v) is 3.67. The Bertz CT molecular complexity index is 589. The average molecular weight is 246 g/mol. The SMILES string of the molecule is O=C(O)c1cc(C(=O)O)n(Cc2ccccc2)n1. The Hall–Kier alpha value is -2.63. The first-order valence-corrected chi connectivity index (χ1v) is 5.16. The lowest BCUT2D eigenvalue weighted by Gasteiger charge is -2.03. The molecule has 2 aromatic rings. The average Bonchev–Trinajstić information content (AvgIpc) is 2.74. The van der Waals surface area contributed by atoms with E-state index in [9.17, 15) is 9.59 Å². The highest BCUT2D eigenvalue weighted by Crippen LogP contribution is 2.09. The maximum atomic E-state index is 11.0. The topological polar surface area (TPSA) is 92.4 Å². The van der Waals surface area contributed by atoms with E-state index < -0.39 is 11.9 Å². The van der Waals surface area contributed by atoms with Crippen molar-refractivity contribution in [3.05, 3.63) is 53.3 Å². The molecule has 1 aromatic heterocycles. The predicted octanol–water partition coefficient (Wildman–Crippen LogP) is 1.33. The van der Waals surface area contributed by atoms with E-state index in [-0.39, 0.29) is 17.9 Å². The second-order valence-electron chi connectivity index (χ2n) is 3.67. The summed E-state index contributed by atoms with van der Waals surface area (Å²) in [7, 11) is 0. The van der Waals surface area contributed by atoms with Crippen LogP contribution >= 0.6 is 0 Å². The van der Waals surface area contributed by atoms with Crippen LogP contribution in [0.2, 0.25) is 0 Å². The fraction of sp³-hybridized carbons (Fsp3) is 0.0833. The monoisotopic (exact) mass is 246 g/mol. The van der Waals surface area contributed by atoms with Crippen LogP contribution in [0.5, 0.6) is 0 Å². The number of carboxylic acid groups (broad SMARTS) is 2. The molecule has 18 heavy (non-hydrogen) atoms. The molecule has 0 aliphatic rings. The van der Waals surface area contributed by atoms with Crippen LogP contribution in [0.25, 0.3) is 0 Å². The summed E-state index contributed by atoms with van der Waals surface area (Å²) in [6.07, 6.45) is 0. The molecule has 2 N–H and O–H groups in total. The molecule has 6 heteroatoms. The molecule has 1 heterocycles. The van der Waals surface area contributed by atoms with E-state index in [0.29, 0.717) is 0 Å². The Morgan fingerprint density at radius 2 is 1.78 bits per heavy atom. The molecule has 0 saturated carbocycles. The van der Waals surface area contributed by atoms with E-state index >= 15 is 0 Å². The first-order chi connectivity index (χ1) is 8.58. The van der Waals surface area contributed by atoms with Gasteiger partial charge in [-0.15, -0.1) is 0 Å². The van der Waals surface area contributed by atoms with Crippen LogP contribution in [-0.2, 0) is 6.54 Å². The van der Waals surface area contributed by atoms with Crippen molar-refractivity contribution in [1.29, 1.82) is 0 Å². The zero-order chi connectivity index (χ0) is 13.1. The molecule has 0 aliphatic carbocycles. The molecule has 92 valence electrons. The largest absolute Gasteiger partial charge is 0.477 e. The summed E-state index contributed by atoms with van der Waals surface area (Å²) >= 11 is 0. The van der Waals surface area contributed by atoms with Crippen LogP contribution in [0.3, 0.4) is 0 Å². The molecule has 0 fully saturated rings. The molecular weight excluding hydrogens is 236 g/mol. The molecule has 0 aliphatic heterocycles. The van der Waals surface area contributed by atoms with Crippen molar-refractivity contribution in [2.45, 2.75) is 6.54 Å². The zero-order valence-corrected chi connectivity index (χ0v) is 9.28. The molecule has 2 rings (SSSR count). The quantitative estimate of drug-likeness (QED) is 0.848. The third-order valence-electron chi connectivity index (χ3n) is 2.39. The molecule has 0 unspecified atom stereocenters. The minimum Gasteiger partial charge on any atom is -0.477 e. The van der Waals surface area contributed by atoms with Gasteiger partial charge in [0.05, 0.1) is 6.54 Å². The molecule has 0 saturated heterocycles. The van der Waals surface area contributed by atoms with Crippen LogP contribution in [-0.4, -0.2) is 31.9 Å². The Kier molecular flexibility index (Phi) is 3.09. The van der Waals surface area contributed by atoms with E-state index in [4.69, 9.17) is 10.2 Å². The Morgan fingerprint density at radius 1 is 1.11 bits per heavy atom. The normalized spacial score (nSPS) is 10.2. The second kappa shape index (κ2) is 4.70. The third-order valence-corrected chi connectivity index (χ3v) is 2.39. The van der Waals surface area contributed by atoms with Crippen LogP contribution in [0.15, 0.2) is 36.4 Å². The minimum atomic E-state index is -1.25. The van der Waals surface area contributed by atoms with Gasteiger partial charge in [-0.3, -0.25) is 4.68 Å². The smallest absolute Gasteiger partial charge is 0.356 e. The summed E-state index contributed by atoms with van der Waals surface area (Å²) in [5.41, 5.74) is 0.430. The highest BCUT2D eigenvalue weighted by Gasteiger charge is 2.17.